The van der Waals surface area contributed by atoms with Crippen molar-refractivity contribution < 1.29 is 42.8 Å². The summed E-state index contributed by atoms with van der Waals surface area (Å²) < 4.78 is 31.6. The third kappa shape index (κ3) is 14.0. The van der Waals surface area contributed by atoms with Gasteiger partial charge < -0.3 is 33.7 Å². The van der Waals surface area contributed by atoms with Crippen LogP contribution < -0.4 is 25.0 Å². The molecule has 2 N–H and O–H groups in total. The van der Waals surface area contributed by atoms with Crippen LogP contribution in [0.15, 0.2) is 47.6 Å². The van der Waals surface area contributed by atoms with Gasteiger partial charge in [-0.05, 0) is 35.9 Å². The number of rotatable bonds is 18. The molecule has 0 radical (unpaired) electrons. The van der Waals surface area contributed by atoms with Gasteiger partial charge in [0.15, 0.2) is 18.1 Å². The Kier molecular flexibility index (Phi) is 14.9. The summed E-state index contributed by atoms with van der Waals surface area (Å²) in [5.41, 5.74) is 3.69. The highest BCUT2D eigenvalue weighted by Crippen LogP contribution is 2.28. The molecule has 12 nitrogen and oxygen atoms in total. The third-order valence-electron chi connectivity index (χ3n) is 5.57. The van der Waals surface area contributed by atoms with Gasteiger partial charge in [0.2, 0.25) is 0 Å². The van der Waals surface area contributed by atoms with Crippen LogP contribution in [0.2, 0.25) is 25.7 Å². The van der Waals surface area contributed by atoms with Crippen molar-refractivity contribution in [1.82, 2.24) is 10.7 Å². The molecule has 0 aromatic heterocycles. The molecule has 231 valence electrons. The topological polar surface area (TPSA) is 143 Å². The normalized spacial score (nSPS) is 11.1. The van der Waals surface area contributed by atoms with Crippen LogP contribution >= 0.6 is 0 Å². The Morgan fingerprint density at radius 3 is 2.38 bits per heavy atom. The molecule has 0 unspecified atom stereocenters. The Morgan fingerprint density at radius 1 is 0.929 bits per heavy atom. The van der Waals surface area contributed by atoms with Crippen LogP contribution in [-0.2, 0) is 25.6 Å². The lowest BCUT2D eigenvalue weighted by atomic mass is 10.2. The predicted molar refractivity (Wildman–Crippen MR) is 160 cm³/mol. The summed E-state index contributed by atoms with van der Waals surface area (Å²) in [7, 11) is 1.48. The van der Waals surface area contributed by atoms with E-state index in [1.165, 1.54) is 20.3 Å². The van der Waals surface area contributed by atoms with Crippen LogP contribution in [0.4, 0.5) is 4.79 Å². The van der Waals surface area contributed by atoms with Gasteiger partial charge in [0, 0.05) is 18.2 Å². The van der Waals surface area contributed by atoms with E-state index < -0.39 is 26.0 Å². The number of carbonyl (C=O) groups excluding carboxylic acids is 3. The fraction of sp³-hybridized carbons (Fsp3) is 0.448. The number of hydrogen-bond acceptors (Lipinski definition) is 10. The molecule has 2 aromatic rings. The van der Waals surface area contributed by atoms with Crippen LogP contribution in [-0.4, -0.2) is 79.5 Å². The van der Waals surface area contributed by atoms with Crippen LogP contribution in [0.3, 0.4) is 0 Å². The summed E-state index contributed by atoms with van der Waals surface area (Å²) in [6.45, 7) is 8.32. The molecule has 2 amide bonds. The molecule has 0 aliphatic rings. The van der Waals surface area contributed by atoms with Gasteiger partial charge in [0.05, 0.1) is 40.6 Å². The Labute approximate surface area is 247 Å². The van der Waals surface area contributed by atoms with Gasteiger partial charge in [-0.1, -0.05) is 12.1 Å². The van der Waals surface area contributed by atoms with Crippen molar-refractivity contribution in [2.75, 3.05) is 47.2 Å². The highest BCUT2D eigenvalue weighted by Gasteiger charge is 2.12. The second-order valence-corrected chi connectivity index (χ2v) is 15.8. The van der Waals surface area contributed by atoms with E-state index in [1.807, 2.05) is 24.3 Å². The van der Waals surface area contributed by atoms with E-state index in [0.29, 0.717) is 50.9 Å². The van der Waals surface area contributed by atoms with Gasteiger partial charge in [0.1, 0.15) is 12.4 Å². The van der Waals surface area contributed by atoms with Crippen molar-refractivity contribution in [3.05, 3.63) is 53.6 Å². The number of esters is 1. The van der Waals surface area contributed by atoms with E-state index in [0.717, 1.165) is 11.6 Å². The van der Waals surface area contributed by atoms with Crippen molar-refractivity contribution in [2.24, 2.45) is 5.10 Å². The lowest BCUT2D eigenvalue weighted by molar-refractivity contribution is -0.142. The first-order valence-electron chi connectivity index (χ1n) is 13.5. The van der Waals surface area contributed by atoms with Gasteiger partial charge in [-0.25, -0.2) is 15.0 Å². The molecule has 0 aliphatic carbocycles. The molecule has 0 aliphatic heterocycles. The maximum Gasteiger partial charge on any atom is 0.407 e. The molecular weight excluding hydrogens is 562 g/mol. The molecule has 2 rings (SSSR count). The number of benzene rings is 2. The lowest BCUT2D eigenvalue weighted by Crippen LogP contribution is -2.30. The van der Waals surface area contributed by atoms with Crippen molar-refractivity contribution in [2.45, 2.75) is 38.7 Å². The monoisotopic (exact) mass is 603 g/mol. The molecule has 2 aromatic carbocycles. The fourth-order valence-corrected chi connectivity index (χ4v) is 3.91. The summed E-state index contributed by atoms with van der Waals surface area (Å²) in [5.74, 6) is 0.285. The lowest BCUT2D eigenvalue weighted by Gasteiger charge is -2.26. The van der Waals surface area contributed by atoms with E-state index in [2.05, 4.69) is 40.2 Å². The SMILES string of the molecule is COC(=O)COc1cc(C(=O)N/N=C/CCOCc2ccc(OCCNC(=O)OCC[Si-](C)(C)C)cc2)ccc1OC. The zero-order valence-corrected chi connectivity index (χ0v) is 25.9. The second-order valence-electron chi connectivity index (χ2n) is 10.2. The number of amides is 2. The zero-order valence-electron chi connectivity index (χ0n) is 24.9. The molecule has 0 heterocycles. The maximum absolute atomic E-state index is 12.4. The number of nitrogens with one attached hydrogen (secondary N) is 2. The maximum atomic E-state index is 12.4. The number of hydrazone groups is 1. The van der Waals surface area contributed by atoms with Crippen molar-refractivity contribution in [3.8, 4) is 17.2 Å². The van der Waals surface area contributed by atoms with E-state index >= 15 is 0 Å². The van der Waals surface area contributed by atoms with Gasteiger partial charge in [-0.3, -0.25) is 4.79 Å². The largest absolute Gasteiger partial charge is 0.493 e. The Balaban J connectivity index is 1.61. The molecule has 13 heteroatoms. The van der Waals surface area contributed by atoms with Crippen molar-refractivity contribution in [3.63, 3.8) is 0 Å². The number of carbonyl (C=O) groups is 3. The highest BCUT2D eigenvalue weighted by molar-refractivity contribution is 6.76. The highest BCUT2D eigenvalue weighted by atomic mass is 28.3. The Hall–Kier alpha value is -4.10. The predicted octanol–water partition coefficient (Wildman–Crippen LogP) is 4.01. The van der Waals surface area contributed by atoms with E-state index in [-0.39, 0.29) is 17.9 Å². The smallest absolute Gasteiger partial charge is 0.407 e. The summed E-state index contributed by atoms with van der Waals surface area (Å²) in [6.07, 6.45) is 1.61. The van der Waals surface area contributed by atoms with E-state index in [1.54, 1.807) is 18.3 Å². The minimum absolute atomic E-state index is 0.231. The number of methoxy groups -OCH3 is 2. The molecule has 0 saturated carbocycles. The third-order valence-corrected chi connectivity index (χ3v) is 7.27. The standard InChI is InChI=1S/C29H41N3O9Si/c1-36-25-12-9-23(19-26(25)41-21-27(33)37-2)28(34)32-31-13-6-15-38-20-22-7-10-24(11-8-22)39-16-14-30-29(35)40-17-18-42(3,4)5/h7-13,19H,6,14-18,20-21H2,1-5H3,(H,30,35)(H,32,34)/q-1/b31-13+. The number of hydrogen-bond donors (Lipinski definition) is 2. The van der Waals surface area contributed by atoms with Crippen molar-refractivity contribution >= 4 is 32.3 Å². The van der Waals surface area contributed by atoms with Gasteiger partial charge >= 0.3 is 12.1 Å². The quantitative estimate of drug-likeness (QED) is 0.0849. The number of ether oxygens (including phenoxy) is 6. The molecule has 0 bridgehead atoms. The summed E-state index contributed by atoms with van der Waals surface area (Å²) in [4.78, 5) is 35.4. The van der Waals surface area contributed by atoms with Gasteiger partial charge in [-0.15, -0.1) is 14.1 Å². The van der Waals surface area contributed by atoms with E-state index in [4.69, 9.17) is 23.7 Å². The Morgan fingerprint density at radius 2 is 1.69 bits per heavy atom. The average Bonchev–Trinajstić information content (AvgIpc) is 2.97. The van der Waals surface area contributed by atoms with Crippen LogP contribution in [0, 0.1) is 0 Å². The zero-order chi connectivity index (χ0) is 30.8. The minimum atomic E-state index is -1.23. The first-order chi connectivity index (χ1) is 20.1. The van der Waals surface area contributed by atoms with Crippen molar-refractivity contribution in [1.29, 1.82) is 0 Å². The van der Waals surface area contributed by atoms with Crippen LogP contribution in [0.25, 0.3) is 0 Å². The van der Waals surface area contributed by atoms with Crippen LogP contribution in [0.1, 0.15) is 22.3 Å². The molecule has 0 fully saturated rings. The summed E-state index contributed by atoms with van der Waals surface area (Å²) in [6, 6.07) is 13.0. The first-order valence-corrected chi connectivity index (χ1v) is 17.2. The molecule has 0 atom stereocenters. The minimum Gasteiger partial charge on any atom is -0.493 e. The summed E-state index contributed by atoms with van der Waals surface area (Å²) >= 11 is 0. The number of alkyl carbamates (subject to hydrolysis) is 1. The van der Waals surface area contributed by atoms with Gasteiger partial charge in [-0.2, -0.15) is 24.7 Å². The van der Waals surface area contributed by atoms with E-state index in [9.17, 15) is 14.4 Å². The molecular formula is C29H41N3O9Si-. The molecule has 42 heavy (non-hydrogen) atoms. The Bertz CT molecular complexity index is 1170. The second kappa shape index (κ2) is 18.4. The average molecular weight is 604 g/mol. The van der Waals surface area contributed by atoms with Crippen LogP contribution in [0.5, 0.6) is 17.2 Å². The number of nitrogens with zero attached hydrogens (tertiary/aromatic N) is 1. The van der Waals surface area contributed by atoms with Gasteiger partial charge in [0.25, 0.3) is 5.91 Å². The summed E-state index contributed by atoms with van der Waals surface area (Å²) in [5, 5.41) is 6.62. The molecule has 0 spiro atoms. The first kappa shape index (κ1) is 34.1. The fourth-order valence-electron chi connectivity index (χ4n) is 3.19. The molecule has 0 saturated heterocycles.